The minimum Gasteiger partial charge on any atom is -1.00 e. The molecule has 1 atom stereocenters. The summed E-state index contributed by atoms with van der Waals surface area (Å²) in [4.78, 5) is 0. The summed E-state index contributed by atoms with van der Waals surface area (Å²) in [6, 6.07) is 7.08. The van der Waals surface area contributed by atoms with Crippen molar-refractivity contribution in [2.75, 3.05) is 0 Å². The first kappa shape index (κ1) is 21.6. The van der Waals surface area contributed by atoms with Crippen molar-refractivity contribution in [3.05, 3.63) is 40.5 Å². The van der Waals surface area contributed by atoms with Gasteiger partial charge in [0.05, 0.1) is 0 Å². The van der Waals surface area contributed by atoms with E-state index in [4.69, 9.17) is 2.50 Å². The van der Waals surface area contributed by atoms with Crippen molar-refractivity contribution in [2.24, 2.45) is 5.92 Å². The molecule has 1 unspecified atom stereocenters. The summed E-state index contributed by atoms with van der Waals surface area (Å²) in [5.74, 6) is 0.729. The standard InChI is InChI=1S/C14H17.C2H7OSi.2ClH.Zr/c1-10(2)6-12-4-5-13-7-11(3)8-14(13)9-12;1-4(2)3;;;/h4-5,7-10H,6H2,1-3H3;4H,1-2H3;2*1H;/q;-1;;;+3/p-2. The van der Waals surface area contributed by atoms with E-state index in [1.807, 2.05) is 0 Å². The van der Waals surface area contributed by atoms with Gasteiger partial charge < -0.3 is 24.8 Å². The van der Waals surface area contributed by atoms with Gasteiger partial charge in [0.25, 0.3) is 0 Å². The molecular formula is C16H24Cl2OSiZr. The van der Waals surface area contributed by atoms with Gasteiger partial charge in [0.2, 0.25) is 0 Å². The maximum Gasteiger partial charge on any atom is -1.00 e. The summed E-state index contributed by atoms with van der Waals surface area (Å²) in [5, 5.41) is 0. The number of halogens is 2. The van der Waals surface area contributed by atoms with Crippen LogP contribution in [0.15, 0.2) is 23.8 Å². The fraction of sp³-hybridized carbons (Fsp3) is 0.500. The molecule has 0 heterocycles. The van der Waals surface area contributed by atoms with Gasteiger partial charge >= 0.3 is 132 Å². The van der Waals surface area contributed by atoms with E-state index in [1.165, 1.54) is 28.7 Å². The van der Waals surface area contributed by atoms with Crippen molar-refractivity contribution in [3.63, 3.8) is 0 Å². The molecule has 1 aromatic rings. The minimum absolute atomic E-state index is 0. The van der Waals surface area contributed by atoms with Crippen LogP contribution in [0.2, 0.25) is 13.1 Å². The third kappa shape index (κ3) is 5.95. The van der Waals surface area contributed by atoms with Crippen LogP contribution in [-0.4, -0.2) is 9.04 Å². The first-order valence-electron chi connectivity index (χ1n) is 7.19. The molecule has 5 heteroatoms. The van der Waals surface area contributed by atoms with Crippen LogP contribution in [0.3, 0.4) is 0 Å². The Labute approximate surface area is 155 Å². The second-order valence-electron chi connectivity index (χ2n) is 6.17. The van der Waals surface area contributed by atoms with Gasteiger partial charge in [-0.2, -0.15) is 0 Å². The van der Waals surface area contributed by atoms with E-state index < -0.39 is 32.7 Å². The van der Waals surface area contributed by atoms with Crippen LogP contribution in [0.1, 0.15) is 41.1 Å². The number of allylic oxidation sites excluding steroid dienone is 1. The van der Waals surface area contributed by atoms with E-state index >= 15 is 0 Å². The number of rotatable bonds is 5. The fourth-order valence-electron chi connectivity index (χ4n) is 2.54. The molecule has 1 aliphatic rings. The Bertz CT molecular complexity index is 489. The number of fused-ring (bicyclic) bond motifs is 1. The molecule has 0 spiro atoms. The molecule has 0 saturated carbocycles. The number of benzene rings is 1. The van der Waals surface area contributed by atoms with Crippen molar-refractivity contribution < 1.29 is 51.0 Å². The Morgan fingerprint density at radius 1 is 1.24 bits per heavy atom. The molecule has 1 aromatic carbocycles. The number of hydrogen-bond donors (Lipinski definition) is 0. The van der Waals surface area contributed by atoms with Crippen LogP contribution >= 0.6 is 0 Å². The predicted molar refractivity (Wildman–Crippen MR) is 81.3 cm³/mol. The molecule has 2 rings (SSSR count). The molecule has 0 saturated heterocycles. The maximum atomic E-state index is 6.12. The summed E-state index contributed by atoms with van der Waals surface area (Å²) in [7, 11) is -0.849. The molecule has 0 amide bonds. The van der Waals surface area contributed by atoms with Gasteiger partial charge in [0, 0.05) is 0 Å². The van der Waals surface area contributed by atoms with Crippen LogP contribution in [-0.2, 0) is 32.6 Å². The van der Waals surface area contributed by atoms with Gasteiger partial charge in [-0.05, 0) is 0 Å². The zero-order chi connectivity index (χ0) is 14.0. The Morgan fingerprint density at radius 3 is 2.48 bits per heavy atom. The van der Waals surface area contributed by atoms with E-state index in [0.717, 1.165) is 5.92 Å². The third-order valence-corrected chi connectivity index (χ3v) is 10.9. The molecule has 21 heavy (non-hydrogen) atoms. The molecule has 0 aromatic heterocycles. The monoisotopic (exact) mass is 420 g/mol. The molecule has 0 bridgehead atoms. The summed E-state index contributed by atoms with van der Waals surface area (Å²) >= 11 is -0.752. The minimum atomic E-state index is -0.849. The maximum absolute atomic E-state index is 6.12. The summed E-state index contributed by atoms with van der Waals surface area (Å²) in [5.41, 5.74) is 5.99. The van der Waals surface area contributed by atoms with Gasteiger partial charge in [-0.25, -0.2) is 0 Å². The van der Waals surface area contributed by atoms with E-state index in [0.29, 0.717) is 3.63 Å². The van der Waals surface area contributed by atoms with Crippen molar-refractivity contribution >= 4 is 15.1 Å². The Kier molecular flexibility index (Phi) is 9.95. The molecule has 0 aliphatic heterocycles. The summed E-state index contributed by atoms with van der Waals surface area (Å²) in [6.07, 6.45) is 3.57. The first-order valence-corrected chi connectivity index (χ1v) is 12.4. The van der Waals surface area contributed by atoms with Crippen molar-refractivity contribution in [1.82, 2.24) is 0 Å². The molecule has 0 fully saturated rings. The zero-order valence-corrected chi connectivity index (χ0v) is 18.5. The van der Waals surface area contributed by atoms with Crippen LogP contribution in [0, 0.1) is 5.92 Å². The van der Waals surface area contributed by atoms with E-state index in [-0.39, 0.29) is 24.8 Å². The van der Waals surface area contributed by atoms with Crippen LogP contribution < -0.4 is 24.8 Å². The average Bonchev–Trinajstić information content (AvgIpc) is 2.60. The fourth-order valence-corrected chi connectivity index (χ4v) is 7.58. The van der Waals surface area contributed by atoms with Crippen molar-refractivity contribution in [2.45, 2.75) is 43.9 Å². The van der Waals surface area contributed by atoms with Crippen molar-refractivity contribution in [3.8, 4) is 0 Å². The Hall–Kier alpha value is 0.600. The Morgan fingerprint density at radius 2 is 1.90 bits per heavy atom. The molecule has 1 aliphatic carbocycles. The quantitative estimate of drug-likeness (QED) is 0.517. The second-order valence-corrected chi connectivity index (χ2v) is 12.2. The number of hydrogen-bond acceptors (Lipinski definition) is 1. The van der Waals surface area contributed by atoms with E-state index in [9.17, 15) is 0 Å². The second kappa shape index (κ2) is 9.67. The molecular weight excluding hydrogens is 398 g/mol. The van der Waals surface area contributed by atoms with Gasteiger partial charge in [-0.1, -0.05) is 0 Å². The van der Waals surface area contributed by atoms with Gasteiger partial charge in [-0.3, -0.25) is 0 Å². The summed E-state index contributed by atoms with van der Waals surface area (Å²) in [6.45, 7) is 11.4. The van der Waals surface area contributed by atoms with Crippen LogP contribution in [0.25, 0.3) is 6.08 Å². The van der Waals surface area contributed by atoms with Crippen LogP contribution in [0.4, 0.5) is 0 Å². The topological polar surface area (TPSA) is 9.23 Å². The largest absolute Gasteiger partial charge is 1.00 e. The van der Waals surface area contributed by atoms with Gasteiger partial charge in [0.15, 0.2) is 0 Å². The summed E-state index contributed by atoms with van der Waals surface area (Å²) < 4.78 is 6.77. The van der Waals surface area contributed by atoms with Gasteiger partial charge in [0.1, 0.15) is 0 Å². The first-order chi connectivity index (χ1) is 8.97. The normalized spacial score (nSPS) is 16.0. The van der Waals surface area contributed by atoms with E-state index in [2.05, 4.69) is 58.1 Å². The van der Waals surface area contributed by atoms with E-state index in [1.54, 1.807) is 0 Å². The molecule has 1 nitrogen and oxygen atoms in total. The molecule has 116 valence electrons. The third-order valence-electron chi connectivity index (χ3n) is 3.37. The average molecular weight is 423 g/mol. The predicted octanol–water partition coefficient (Wildman–Crippen LogP) is -1.65. The zero-order valence-electron chi connectivity index (χ0n) is 13.4. The van der Waals surface area contributed by atoms with Gasteiger partial charge in [-0.15, -0.1) is 0 Å². The van der Waals surface area contributed by atoms with Crippen LogP contribution in [0.5, 0.6) is 0 Å². The molecule has 0 N–H and O–H groups in total. The SMILES string of the molecule is CC1=Cc2cc(CC(C)C)ccc2[CH]1[Zr+2][O][SiH](C)C.[Cl-].[Cl-]. The smallest absolute Gasteiger partial charge is 1.00 e. The van der Waals surface area contributed by atoms with Crippen molar-refractivity contribution in [1.29, 1.82) is 0 Å². The Balaban J connectivity index is 0.00000200. The molecule has 0 radical (unpaired) electrons.